The number of hydrogen-bond donors (Lipinski definition) is 2. The number of nitrogens with two attached hydrogens (primary N) is 1. The maximum absolute atomic E-state index is 12.4. The Morgan fingerprint density at radius 3 is 2.88 bits per heavy atom. The smallest absolute Gasteiger partial charge is 0.223 e. The monoisotopic (exact) mass is 382 g/mol. The van der Waals surface area contributed by atoms with Crippen molar-refractivity contribution >= 4 is 18.3 Å². The SMILES string of the molecule is Cc1ccc(CNC(=O)C2CCCC(N)C2)c(OCC2CCCO2)c1.Cl. The van der Waals surface area contributed by atoms with Crippen LogP contribution in [0.25, 0.3) is 0 Å². The molecule has 3 rings (SSSR count). The molecule has 1 saturated heterocycles. The molecule has 26 heavy (non-hydrogen) atoms. The summed E-state index contributed by atoms with van der Waals surface area (Å²) >= 11 is 0. The molecule has 146 valence electrons. The average molecular weight is 383 g/mol. The van der Waals surface area contributed by atoms with Crippen LogP contribution in [0, 0.1) is 12.8 Å². The highest BCUT2D eigenvalue weighted by molar-refractivity contribution is 5.85. The van der Waals surface area contributed by atoms with E-state index < -0.39 is 0 Å². The molecule has 1 aliphatic carbocycles. The molecule has 1 heterocycles. The van der Waals surface area contributed by atoms with E-state index in [0.29, 0.717) is 13.2 Å². The Labute approximate surface area is 162 Å². The summed E-state index contributed by atoms with van der Waals surface area (Å²) in [6.07, 6.45) is 6.15. The number of hydrogen-bond acceptors (Lipinski definition) is 4. The number of ether oxygens (including phenoxy) is 2. The van der Waals surface area contributed by atoms with Crippen LogP contribution < -0.4 is 15.8 Å². The molecule has 3 unspecified atom stereocenters. The fourth-order valence-electron chi connectivity index (χ4n) is 3.69. The number of rotatable bonds is 6. The molecule has 1 aliphatic heterocycles. The molecule has 2 fully saturated rings. The van der Waals surface area contributed by atoms with Gasteiger partial charge in [0.15, 0.2) is 0 Å². The first-order valence-electron chi connectivity index (χ1n) is 9.49. The van der Waals surface area contributed by atoms with Gasteiger partial charge in [0.25, 0.3) is 0 Å². The van der Waals surface area contributed by atoms with Gasteiger partial charge in [0, 0.05) is 30.7 Å². The lowest BCUT2D eigenvalue weighted by atomic mass is 9.85. The van der Waals surface area contributed by atoms with Gasteiger partial charge in [0.2, 0.25) is 5.91 Å². The summed E-state index contributed by atoms with van der Waals surface area (Å²) in [6.45, 7) is 3.94. The molecule has 6 heteroatoms. The van der Waals surface area contributed by atoms with Crippen molar-refractivity contribution in [3.05, 3.63) is 29.3 Å². The summed E-state index contributed by atoms with van der Waals surface area (Å²) in [5.74, 6) is 1.00. The molecule has 0 radical (unpaired) electrons. The molecule has 0 bridgehead atoms. The number of benzene rings is 1. The fraction of sp³-hybridized carbons (Fsp3) is 0.650. The maximum atomic E-state index is 12.4. The van der Waals surface area contributed by atoms with Crippen molar-refractivity contribution in [1.82, 2.24) is 5.32 Å². The molecule has 0 spiro atoms. The van der Waals surface area contributed by atoms with E-state index in [0.717, 1.165) is 62.0 Å². The Morgan fingerprint density at radius 1 is 1.31 bits per heavy atom. The highest BCUT2D eigenvalue weighted by atomic mass is 35.5. The van der Waals surface area contributed by atoms with Gasteiger partial charge in [0.05, 0.1) is 6.10 Å². The van der Waals surface area contributed by atoms with E-state index in [9.17, 15) is 4.79 Å². The number of halogens is 1. The molecule has 3 N–H and O–H groups in total. The second kappa shape index (κ2) is 10.1. The summed E-state index contributed by atoms with van der Waals surface area (Å²) in [6, 6.07) is 6.28. The van der Waals surface area contributed by atoms with Gasteiger partial charge in [-0.15, -0.1) is 12.4 Å². The third kappa shape index (κ3) is 5.86. The van der Waals surface area contributed by atoms with Gasteiger partial charge in [-0.1, -0.05) is 18.6 Å². The quantitative estimate of drug-likeness (QED) is 0.792. The number of carbonyl (C=O) groups excluding carboxylic acids is 1. The zero-order chi connectivity index (χ0) is 17.6. The van der Waals surface area contributed by atoms with Crippen molar-refractivity contribution in [3.63, 3.8) is 0 Å². The molecule has 0 aromatic heterocycles. The lowest BCUT2D eigenvalue weighted by molar-refractivity contribution is -0.126. The van der Waals surface area contributed by atoms with Gasteiger partial charge in [-0.05, 0) is 50.7 Å². The molecule has 1 aromatic carbocycles. The van der Waals surface area contributed by atoms with Gasteiger partial charge in [0.1, 0.15) is 12.4 Å². The third-order valence-corrected chi connectivity index (χ3v) is 5.21. The normalized spacial score (nSPS) is 25.4. The predicted octanol–water partition coefficient (Wildman–Crippen LogP) is 3.11. The fourth-order valence-corrected chi connectivity index (χ4v) is 3.69. The van der Waals surface area contributed by atoms with Crippen molar-refractivity contribution in [1.29, 1.82) is 0 Å². The van der Waals surface area contributed by atoms with Crippen LogP contribution in [0.3, 0.4) is 0 Å². The molecule has 3 atom stereocenters. The van der Waals surface area contributed by atoms with Gasteiger partial charge in [-0.3, -0.25) is 4.79 Å². The molecule has 1 aromatic rings. The minimum atomic E-state index is 0. The van der Waals surface area contributed by atoms with Crippen LogP contribution in [0.2, 0.25) is 0 Å². The summed E-state index contributed by atoms with van der Waals surface area (Å²) in [4.78, 5) is 12.4. The zero-order valence-electron chi connectivity index (χ0n) is 15.5. The number of carbonyl (C=O) groups is 1. The Kier molecular flexibility index (Phi) is 8.19. The van der Waals surface area contributed by atoms with Crippen molar-refractivity contribution in [2.75, 3.05) is 13.2 Å². The van der Waals surface area contributed by atoms with Crippen LogP contribution in [-0.4, -0.2) is 31.3 Å². The van der Waals surface area contributed by atoms with Crippen LogP contribution in [0.5, 0.6) is 5.75 Å². The predicted molar refractivity (Wildman–Crippen MR) is 105 cm³/mol. The van der Waals surface area contributed by atoms with Gasteiger partial charge < -0.3 is 20.5 Å². The van der Waals surface area contributed by atoms with Crippen molar-refractivity contribution in [2.45, 2.75) is 64.1 Å². The lowest BCUT2D eigenvalue weighted by Crippen LogP contribution is -2.37. The molecule has 2 aliphatic rings. The van der Waals surface area contributed by atoms with E-state index in [4.69, 9.17) is 15.2 Å². The topological polar surface area (TPSA) is 73.6 Å². The molecule has 5 nitrogen and oxygen atoms in total. The minimum Gasteiger partial charge on any atom is -0.491 e. The third-order valence-electron chi connectivity index (χ3n) is 5.21. The number of aryl methyl sites for hydroxylation is 1. The van der Waals surface area contributed by atoms with Crippen LogP contribution in [0.1, 0.15) is 49.7 Å². The van der Waals surface area contributed by atoms with Crippen molar-refractivity contribution in [2.24, 2.45) is 11.7 Å². The molecular formula is C20H31ClN2O3. The van der Waals surface area contributed by atoms with Crippen LogP contribution in [-0.2, 0) is 16.1 Å². The number of nitrogens with one attached hydrogen (secondary N) is 1. The standard InChI is InChI=1S/C20H30N2O3.ClH/c1-14-7-8-16(19(10-14)25-13-18-6-3-9-24-18)12-22-20(23)15-4-2-5-17(21)11-15;/h7-8,10,15,17-18H,2-6,9,11-13,21H2,1H3,(H,22,23);1H. The summed E-state index contributed by atoms with van der Waals surface area (Å²) < 4.78 is 11.6. The van der Waals surface area contributed by atoms with E-state index in [1.54, 1.807) is 0 Å². The first-order chi connectivity index (χ1) is 12.1. The highest BCUT2D eigenvalue weighted by Crippen LogP contribution is 2.25. The highest BCUT2D eigenvalue weighted by Gasteiger charge is 2.25. The second-order valence-corrected chi connectivity index (χ2v) is 7.40. The van der Waals surface area contributed by atoms with E-state index in [2.05, 4.69) is 11.4 Å². The molecular weight excluding hydrogens is 352 g/mol. The molecule has 1 saturated carbocycles. The second-order valence-electron chi connectivity index (χ2n) is 7.40. The largest absolute Gasteiger partial charge is 0.491 e. The summed E-state index contributed by atoms with van der Waals surface area (Å²) in [5.41, 5.74) is 8.16. The van der Waals surface area contributed by atoms with E-state index in [1.165, 1.54) is 0 Å². The van der Waals surface area contributed by atoms with Gasteiger partial charge in [-0.25, -0.2) is 0 Å². The Bertz CT molecular complexity index is 590. The maximum Gasteiger partial charge on any atom is 0.223 e. The van der Waals surface area contributed by atoms with Crippen molar-refractivity contribution < 1.29 is 14.3 Å². The average Bonchev–Trinajstić information content (AvgIpc) is 3.12. The zero-order valence-corrected chi connectivity index (χ0v) is 16.4. The Balaban J connectivity index is 0.00000243. The Morgan fingerprint density at radius 2 is 2.15 bits per heavy atom. The van der Waals surface area contributed by atoms with Crippen molar-refractivity contribution in [3.8, 4) is 5.75 Å². The Hall–Kier alpha value is -1.30. The summed E-state index contributed by atoms with van der Waals surface area (Å²) in [7, 11) is 0. The van der Waals surface area contributed by atoms with Gasteiger partial charge in [-0.2, -0.15) is 0 Å². The number of amides is 1. The van der Waals surface area contributed by atoms with E-state index in [-0.39, 0.29) is 36.4 Å². The van der Waals surface area contributed by atoms with Crippen LogP contribution >= 0.6 is 12.4 Å². The van der Waals surface area contributed by atoms with Gasteiger partial charge >= 0.3 is 0 Å². The van der Waals surface area contributed by atoms with E-state index in [1.807, 2.05) is 19.1 Å². The molecule has 1 amide bonds. The lowest BCUT2D eigenvalue weighted by Gasteiger charge is -2.25. The van der Waals surface area contributed by atoms with Crippen LogP contribution in [0.4, 0.5) is 0 Å². The van der Waals surface area contributed by atoms with Crippen LogP contribution in [0.15, 0.2) is 18.2 Å². The first-order valence-corrected chi connectivity index (χ1v) is 9.49. The van der Waals surface area contributed by atoms with E-state index >= 15 is 0 Å². The minimum absolute atomic E-state index is 0. The summed E-state index contributed by atoms with van der Waals surface area (Å²) in [5, 5.41) is 3.07. The first kappa shape index (κ1) is 21.0.